The third-order valence-corrected chi connectivity index (χ3v) is 0.872. The summed E-state index contributed by atoms with van der Waals surface area (Å²) < 4.78 is 19.5. The molecule has 0 aliphatic rings. The molecule has 8 heavy (non-hydrogen) atoms. The van der Waals surface area contributed by atoms with Crippen LogP contribution in [0.3, 0.4) is 0 Å². The molecule has 0 spiro atoms. The summed E-state index contributed by atoms with van der Waals surface area (Å²) in [5.74, 6) is 5.07. The van der Waals surface area contributed by atoms with Crippen molar-refractivity contribution >= 4 is 11.1 Å². The van der Waals surface area contributed by atoms with E-state index in [0.717, 1.165) is 6.42 Å². The van der Waals surface area contributed by atoms with Crippen LogP contribution >= 0.6 is 0 Å². The van der Waals surface area contributed by atoms with Crippen LogP contribution in [0.1, 0.15) is 13.3 Å². The molecule has 0 heterocycles. The maximum Gasteiger partial charge on any atom is 0.0715 e. The van der Waals surface area contributed by atoms with E-state index in [-0.39, 0.29) is 5.75 Å². The fourth-order valence-corrected chi connectivity index (χ4v) is 0.455. The Morgan fingerprint density at radius 2 is 2.25 bits per heavy atom. The Hall–Kier alpha value is -0.330. The van der Waals surface area contributed by atoms with Crippen molar-refractivity contribution in [3.63, 3.8) is 0 Å². The molecule has 0 saturated heterocycles. The summed E-state index contributed by atoms with van der Waals surface area (Å²) in [5, 5.41) is 0. The van der Waals surface area contributed by atoms with Gasteiger partial charge in [-0.1, -0.05) is 12.8 Å². The van der Waals surface area contributed by atoms with E-state index in [0.29, 0.717) is 0 Å². The first-order chi connectivity index (χ1) is 3.77. The van der Waals surface area contributed by atoms with Gasteiger partial charge < -0.3 is 4.55 Å². The maximum absolute atomic E-state index is 9.77. The van der Waals surface area contributed by atoms with Crippen molar-refractivity contribution in [3.05, 3.63) is 0 Å². The minimum absolute atomic E-state index is 0.0339. The molecule has 3 heteroatoms. The smallest absolute Gasteiger partial charge is 0.0715 e. The Balaban J connectivity index is 3.29. The van der Waals surface area contributed by atoms with Gasteiger partial charge in [0.05, 0.1) is 5.75 Å². The van der Waals surface area contributed by atoms with Gasteiger partial charge in [0.15, 0.2) is 0 Å². The molecule has 0 amide bonds. The molecule has 0 aliphatic heterocycles. The Bertz CT molecular complexity index is 131. The van der Waals surface area contributed by atoms with Crippen LogP contribution in [0, 0.1) is 11.8 Å². The standard InChI is InChI=1S/C5H8O2S/c1-2-3-4-5-8(6)7/h2,5H2,1H3,(H,6,7)/p-1. The van der Waals surface area contributed by atoms with Crippen LogP contribution in [0.5, 0.6) is 0 Å². The molecule has 0 N–H and O–H groups in total. The van der Waals surface area contributed by atoms with E-state index in [1.807, 2.05) is 6.92 Å². The lowest BCUT2D eigenvalue weighted by molar-refractivity contribution is 0.540. The maximum atomic E-state index is 9.77. The van der Waals surface area contributed by atoms with Crippen molar-refractivity contribution < 1.29 is 8.76 Å². The fourth-order valence-electron chi connectivity index (χ4n) is 0.235. The van der Waals surface area contributed by atoms with Crippen LogP contribution in [0.25, 0.3) is 0 Å². The first-order valence-corrected chi connectivity index (χ1v) is 3.53. The first-order valence-electron chi connectivity index (χ1n) is 2.29. The van der Waals surface area contributed by atoms with E-state index < -0.39 is 11.1 Å². The molecule has 0 saturated carbocycles. The van der Waals surface area contributed by atoms with E-state index >= 15 is 0 Å². The third-order valence-electron chi connectivity index (χ3n) is 0.492. The predicted octanol–water partition coefficient (Wildman–Crippen LogP) is 0.279. The molecule has 0 rings (SSSR count). The second-order valence-electron chi connectivity index (χ2n) is 1.16. The minimum Gasteiger partial charge on any atom is -0.772 e. The van der Waals surface area contributed by atoms with Gasteiger partial charge in [0, 0.05) is 6.42 Å². The molecule has 1 atom stereocenters. The average molecular weight is 131 g/mol. The summed E-state index contributed by atoms with van der Waals surface area (Å²) in [7, 11) is 0. The highest BCUT2D eigenvalue weighted by Gasteiger charge is 1.70. The van der Waals surface area contributed by atoms with Crippen molar-refractivity contribution in [2.75, 3.05) is 5.75 Å². The van der Waals surface area contributed by atoms with Crippen molar-refractivity contribution in [3.8, 4) is 11.8 Å². The SMILES string of the molecule is CCC#CCS(=O)[O-]. The highest BCUT2D eigenvalue weighted by molar-refractivity contribution is 7.79. The lowest BCUT2D eigenvalue weighted by Crippen LogP contribution is -1.89. The fraction of sp³-hybridized carbons (Fsp3) is 0.600. The van der Waals surface area contributed by atoms with E-state index in [9.17, 15) is 8.76 Å². The van der Waals surface area contributed by atoms with Crippen molar-refractivity contribution in [1.29, 1.82) is 0 Å². The van der Waals surface area contributed by atoms with Gasteiger partial charge in [-0.3, -0.25) is 4.21 Å². The van der Waals surface area contributed by atoms with Gasteiger partial charge in [0.25, 0.3) is 0 Å². The molecule has 0 radical (unpaired) electrons. The highest BCUT2D eigenvalue weighted by atomic mass is 32.2. The van der Waals surface area contributed by atoms with Crippen molar-refractivity contribution in [2.45, 2.75) is 13.3 Å². The van der Waals surface area contributed by atoms with Gasteiger partial charge in [0.2, 0.25) is 0 Å². The molecule has 46 valence electrons. The van der Waals surface area contributed by atoms with Gasteiger partial charge >= 0.3 is 0 Å². The molecule has 0 fully saturated rings. The Labute approximate surface area is 51.6 Å². The summed E-state index contributed by atoms with van der Waals surface area (Å²) >= 11 is -1.99. The molecule has 0 aliphatic carbocycles. The predicted molar refractivity (Wildman–Crippen MR) is 31.9 cm³/mol. The highest BCUT2D eigenvalue weighted by Crippen LogP contribution is 1.71. The normalized spacial score (nSPS) is 11.8. The van der Waals surface area contributed by atoms with E-state index in [2.05, 4.69) is 11.8 Å². The lowest BCUT2D eigenvalue weighted by atomic mass is 10.5. The summed E-state index contributed by atoms with van der Waals surface area (Å²) in [6.45, 7) is 1.88. The Morgan fingerprint density at radius 3 is 2.62 bits per heavy atom. The minimum atomic E-state index is -1.99. The summed E-state index contributed by atoms with van der Waals surface area (Å²) in [6.07, 6.45) is 0.719. The van der Waals surface area contributed by atoms with Gasteiger partial charge in [-0.2, -0.15) is 0 Å². The third kappa shape index (κ3) is 5.67. The van der Waals surface area contributed by atoms with Gasteiger partial charge in [-0.05, 0) is 11.1 Å². The summed E-state index contributed by atoms with van der Waals surface area (Å²) in [5.41, 5.74) is 0. The van der Waals surface area contributed by atoms with Crippen LogP contribution in [-0.2, 0) is 11.1 Å². The van der Waals surface area contributed by atoms with Gasteiger partial charge in [-0.25, -0.2) is 0 Å². The topological polar surface area (TPSA) is 40.1 Å². The number of hydrogen-bond acceptors (Lipinski definition) is 2. The lowest BCUT2D eigenvalue weighted by Gasteiger charge is -1.94. The van der Waals surface area contributed by atoms with Crippen LogP contribution in [0.2, 0.25) is 0 Å². The number of hydrogen-bond donors (Lipinski definition) is 0. The molecular formula is C5H7O2S-. The van der Waals surface area contributed by atoms with Crippen LogP contribution in [-0.4, -0.2) is 14.5 Å². The van der Waals surface area contributed by atoms with Gasteiger partial charge in [0.1, 0.15) is 0 Å². The second kappa shape index (κ2) is 4.82. The summed E-state index contributed by atoms with van der Waals surface area (Å²) in [4.78, 5) is 0. The number of rotatable bonds is 1. The van der Waals surface area contributed by atoms with E-state index in [1.165, 1.54) is 0 Å². The Kier molecular flexibility index (Phi) is 4.62. The van der Waals surface area contributed by atoms with Crippen molar-refractivity contribution in [2.24, 2.45) is 0 Å². The van der Waals surface area contributed by atoms with E-state index in [4.69, 9.17) is 0 Å². The zero-order chi connectivity index (χ0) is 6.41. The molecule has 2 nitrogen and oxygen atoms in total. The Morgan fingerprint density at radius 1 is 1.62 bits per heavy atom. The van der Waals surface area contributed by atoms with Crippen LogP contribution < -0.4 is 0 Å². The quantitative estimate of drug-likeness (QED) is 0.379. The molecule has 1 unspecified atom stereocenters. The molecule has 0 aromatic rings. The molecular weight excluding hydrogens is 124 g/mol. The zero-order valence-corrected chi connectivity index (χ0v) is 5.46. The zero-order valence-electron chi connectivity index (χ0n) is 4.64. The van der Waals surface area contributed by atoms with Crippen molar-refractivity contribution in [1.82, 2.24) is 0 Å². The van der Waals surface area contributed by atoms with Gasteiger partial charge in [-0.15, -0.1) is 5.92 Å². The molecule has 0 bridgehead atoms. The molecule has 0 aromatic carbocycles. The first kappa shape index (κ1) is 7.67. The monoisotopic (exact) mass is 131 g/mol. The molecule has 0 aromatic heterocycles. The largest absolute Gasteiger partial charge is 0.772 e. The van der Waals surface area contributed by atoms with Crippen LogP contribution in [0.15, 0.2) is 0 Å². The summed E-state index contributed by atoms with van der Waals surface area (Å²) in [6, 6.07) is 0. The van der Waals surface area contributed by atoms with Crippen LogP contribution in [0.4, 0.5) is 0 Å². The average Bonchev–Trinajstić information content (AvgIpc) is 1.66. The second-order valence-corrected chi connectivity index (χ2v) is 2.05. The van der Waals surface area contributed by atoms with E-state index in [1.54, 1.807) is 0 Å².